The summed E-state index contributed by atoms with van der Waals surface area (Å²) in [5, 5.41) is 2.80. The number of hydrogen-bond acceptors (Lipinski definition) is 5. The average Bonchev–Trinajstić information content (AvgIpc) is 2.53. The first-order valence-corrected chi connectivity index (χ1v) is 7.00. The van der Waals surface area contributed by atoms with Crippen LogP contribution in [0.4, 0.5) is 0 Å². The fraction of sp³-hybridized carbons (Fsp3) is 0.438. The van der Waals surface area contributed by atoms with Gasteiger partial charge >= 0.3 is 11.9 Å². The van der Waals surface area contributed by atoms with E-state index in [1.54, 1.807) is 0 Å². The van der Waals surface area contributed by atoms with E-state index in [9.17, 15) is 14.4 Å². The molecule has 22 heavy (non-hydrogen) atoms. The fourth-order valence-corrected chi connectivity index (χ4v) is 2.91. The Hall–Kier alpha value is -2.37. The van der Waals surface area contributed by atoms with Gasteiger partial charge in [-0.2, -0.15) is 0 Å². The molecule has 1 saturated heterocycles. The third kappa shape index (κ3) is 2.95. The van der Waals surface area contributed by atoms with Gasteiger partial charge in [0, 0.05) is 6.42 Å². The van der Waals surface area contributed by atoms with Gasteiger partial charge in [0.25, 0.3) is 0 Å². The summed E-state index contributed by atoms with van der Waals surface area (Å²) in [6, 6.07) is 6.80. The average molecular weight is 305 g/mol. The summed E-state index contributed by atoms with van der Waals surface area (Å²) >= 11 is 0. The van der Waals surface area contributed by atoms with E-state index in [4.69, 9.17) is 9.47 Å². The van der Waals surface area contributed by atoms with E-state index >= 15 is 0 Å². The Morgan fingerprint density at radius 1 is 1.14 bits per heavy atom. The second kappa shape index (κ2) is 6.60. The minimum Gasteiger partial charge on any atom is -0.469 e. The lowest BCUT2D eigenvalue weighted by Gasteiger charge is -2.36. The van der Waals surface area contributed by atoms with Crippen LogP contribution in [-0.4, -0.2) is 32.1 Å². The maximum Gasteiger partial charge on any atom is 0.312 e. The first-order chi connectivity index (χ1) is 10.5. The summed E-state index contributed by atoms with van der Waals surface area (Å²) in [4.78, 5) is 36.2. The molecular formula is C16H19NO5. The van der Waals surface area contributed by atoms with Crippen LogP contribution in [0.15, 0.2) is 24.3 Å². The van der Waals surface area contributed by atoms with Gasteiger partial charge in [0.15, 0.2) is 0 Å². The van der Waals surface area contributed by atoms with E-state index < -0.39 is 29.8 Å². The van der Waals surface area contributed by atoms with E-state index in [0.29, 0.717) is 0 Å². The summed E-state index contributed by atoms with van der Waals surface area (Å²) in [7, 11) is 2.51. The van der Waals surface area contributed by atoms with Crippen molar-refractivity contribution in [3.63, 3.8) is 0 Å². The minimum atomic E-state index is -0.851. The van der Waals surface area contributed by atoms with Crippen molar-refractivity contribution in [2.45, 2.75) is 19.4 Å². The quantitative estimate of drug-likeness (QED) is 0.847. The van der Waals surface area contributed by atoms with Crippen LogP contribution < -0.4 is 5.32 Å². The number of piperidine rings is 1. The van der Waals surface area contributed by atoms with Gasteiger partial charge in [-0.25, -0.2) is 0 Å². The van der Waals surface area contributed by atoms with Gasteiger partial charge in [-0.05, 0) is 18.1 Å². The maximum absolute atomic E-state index is 12.2. The Kier molecular flexibility index (Phi) is 4.80. The molecule has 0 aromatic heterocycles. The highest BCUT2D eigenvalue weighted by atomic mass is 16.5. The molecule has 1 aromatic rings. The third-order valence-corrected chi connectivity index (χ3v) is 4.02. The van der Waals surface area contributed by atoms with Crippen molar-refractivity contribution in [3.8, 4) is 0 Å². The standard InChI is InChI=1S/C16H19NO5/c1-9-6-4-5-7-10(9)14-13(16(20)22-3)11(15(19)21-2)8-12(18)17-14/h4-7,11,13-14H,8H2,1-3H3,(H,17,18)/t11?,13-,14?/m1/s1. The van der Waals surface area contributed by atoms with Crippen LogP contribution in [0.25, 0.3) is 0 Å². The Morgan fingerprint density at radius 2 is 1.77 bits per heavy atom. The monoisotopic (exact) mass is 305 g/mol. The molecule has 2 rings (SSSR count). The van der Waals surface area contributed by atoms with Gasteiger partial charge < -0.3 is 14.8 Å². The molecule has 1 fully saturated rings. The minimum absolute atomic E-state index is 0.0885. The molecule has 3 atom stereocenters. The van der Waals surface area contributed by atoms with Gasteiger partial charge in [-0.3, -0.25) is 14.4 Å². The number of hydrogen-bond donors (Lipinski definition) is 1. The number of nitrogens with one attached hydrogen (secondary N) is 1. The lowest BCUT2D eigenvalue weighted by molar-refractivity contribution is -0.163. The summed E-state index contributed by atoms with van der Waals surface area (Å²) < 4.78 is 9.59. The van der Waals surface area contributed by atoms with Gasteiger partial charge in [0.2, 0.25) is 5.91 Å². The number of rotatable bonds is 3. The first-order valence-electron chi connectivity index (χ1n) is 7.00. The van der Waals surface area contributed by atoms with Crippen LogP contribution in [0.2, 0.25) is 0 Å². The molecule has 0 radical (unpaired) electrons. The molecule has 0 saturated carbocycles. The number of carbonyl (C=O) groups is 3. The molecule has 1 amide bonds. The van der Waals surface area contributed by atoms with E-state index in [1.807, 2.05) is 31.2 Å². The molecule has 0 spiro atoms. The van der Waals surface area contributed by atoms with Gasteiger partial charge in [-0.1, -0.05) is 24.3 Å². The Labute approximate surface area is 128 Å². The number of esters is 2. The summed E-state index contributed by atoms with van der Waals surface area (Å²) in [6.07, 6.45) is -0.0885. The topological polar surface area (TPSA) is 81.7 Å². The van der Waals surface area contributed by atoms with Crippen LogP contribution in [-0.2, 0) is 23.9 Å². The van der Waals surface area contributed by atoms with Crippen molar-refractivity contribution >= 4 is 17.8 Å². The van der Waals surface area contributed by atoms with E-state index in [-0.39, 0.29) is 12.3 Å². The van der Waals surface area contributed by atoms with E-state index in [0.717, 1.165) is 11.1 Å². The van der Waals surface area contributed by atoms with Crippen molar-refractivity contribution in [3.05, 3.63) is 35.4 Å². The molecule has 2 unspecified atom stereocenters. The number of benzene rings is 1. The zero-order valence-electron chi connectivity index (χ0n) is 12.8. The van der Waals surface area contributed by atoms with Crippen molar-refractivity contribution in [2.24, 2.45) is 11.8 Å². The highest BCUT2D eigenvalue weighted by Crippen LogP contribution is 2.36. The zero-order valence-corrected chi connectivity index (χ0v) is 12.8. The number of amides is 1. The number of aryl methyl sites for hydroxylation is 1. The van der Waals surface area contributed by atoms with Crippen molar-refractivity contribution in [1.82, 2.24) is 5.32 Å². The lowest BCUT2D eigenvalue weighted by Crippen LogP contribution is -2.50. The molecular weight excluding hydrogens is 286 g/mol. The van der Waals surface area contributed by atoms with E-state index in [1.165, 1.54) is 14.2 Å². The largest absolute Gasteiger partial charge is 0.469 e. The van der Waals surface area contributed by atoms with Crippen LogP contribution in [0.1, 0.15) is 23.6 Å². The van der Waals surface area contributed by atoms with Crippen molar-refractivity contribution < 1.29 is 23.9 Å². The summed E-state index contributed by atoms with van der Waals surface area (Å²) in [6.45, 7) is 1.89. The normalized spacial score (nSPS) is 24.3. The zero-order chi connectivity index (χ0) is 16.3. The molecule has 118 valence electrons. The molecule has 0 aliphatic carbocycles. The summed E-state index contributed by atoms with van der Waals surface area (Å²) in [5.41, 5.74) is 1.71. The Morgan fingerprint density at radius 3 is 2.36 bits per heavy atom. The Balaban J connectivity index is 2.48. The van der Waals surface area contributed by atoms with Crippen LogP contribution in [0, 0.1) is 18.8 Å². The molecule has 1 heterocycles. The highest BCUT2D eigenvalue weighted by Gasteiger charge is 2.47. The van der Waals surface area contributed by atoms with Gasteiger partial charge in [0.05, 0.1) is 32.1 Å². The second-order valence-corrected chi connectivity index (χ2v) is 5.28. The molecule has 6 heteroatoms. The van der Waals surface area contributed by atoms with Crippen LogP contribution in [0.5, 0.6) is 0 Å². The number of methoxy groups -OCH3 is 2. The molecule has 1 aliphatic rings. The highest BCUT2D eigenvalue weighted by molar-refractivity contribution is 5.90. The second-order valence-electron chi connectivity index (χ2n) is 5.28. The third-order valence-electron chi connectivity index (χ3n) is 4.02. The fourth-order valence-electron chi connectivity index (χ4n) is 2.91. The molecule has 1 aliphatic heterocycles. The molecule has 1 N–H and O–H groups in total. The van der Waals surface area contributed by atoms with E-state index in [2.05, 4.69) is 5.32 Å². The van der Waals surface area contributed by atoms with Gasteiger partial charge in [0.1, 0.15) is 0 Å². The predicted molar refractivity (Wildman–Crippen MR) is 77.7 cm³/mol. The predicted octanol–water partition coefficient (Wildman–Crippen LogP) is 1.13. The molecule has 0 bridgehead atoms. The van der Waals surface area contributed by atoms with Gasteiger partial charge in [-0.15, -0.1) is 0 Å². The maximum atomic E-state index is 12.2. The Bertz CT molecular complexity index is 598. The molecule has 1 aromatic carbocycles. The SMILES string of the molecule is COC(=O)C1CC(=O)NC(c2ccccc2C)[C@@H]1C(=O)OC. The molecule has 6 nitrogen and oxygen atoms in total. The van der Waals surface area contributed by atoms with Crippen LogP contribution in [0.3, 0.4) is 0 Å². The van der Waals surface area contributed by atoms with Crippen molar-refractivity contribution in [2.75, 3.05) is 14.2 Å². The smallest absolute Gasteiger partial charge is 0.312 e. The number of ether oxygens (including phenoxy) is 2. The summed E-state index contributed by atoms with van der Waals surface area (Å²) in [5.74, 6) is -3.07. The van der Waals surface area contributed by atoms with Crippen LogP contribution >= 0.6 is 0 Å². The first kappa shape index (κ1) is 16.0. The lowest BCUT2D eigenvalue weighted by atomic mass is 9.76. The number of carbonyl (C=O) groups excluding carboxylic acids is 3. The van der Waals surface area contributed by atoms with Crippen molar-refractivity contribution in [1.29, 1.82) is 0 Å².